The van der Waals surface area contributed by atoms with Crippen LogP contribution in [0.2, 0.25) is 0 Å². The number of hydrogen-bond donors (Lipinski definition) is 2. The monoisotopic (exact) mass is 386 g/mol. The zero-order valence-electron chi connectivity index (χ0n) is 13.4. The molecule has 24 heavy (non-hydrogen) atoms. The zero-order valence-corrected chi connectivity index (χ0v) is 15.0. The predicted octanol–water partition coefficient (Wildman–Crippen LogP) is 4.04. The van der Waals surface area contributed by atoms with Crippen molar-refractivity contribution in [3.63, 3.8) is 0 Å². The van der Waals surface area contributed by atoms with E-state index < -0.39 is 0 Å². The lowest BCUT2D eigenvalue weighted by molar-refractivity contribution is 0.392. The molecule has 4 nitrogen and oxygen atoms in total. The molecule has 0 fully saturated rings. The molecule has 0 amide bonds. The molecule has 3 aromatic rings. The third-order valence-electron chi connectivity index (χ3n) is 3.85. The molecule has 1 heterocycles. The molecule has 3 rings (SSSR count). The molecule has 0 spiro atoms. The maximum atomic E-state index is 9.57. The minimum atomic E-state index is 0.206. The maximum absolute atomic E-state index is 9.57. The Morgan fingerprint density at radius 3 is 2.67 bits per heavy atom. The van der Waals surface area contributed by atoms with Crippen LogP contribution in [0, 0.1) is 0 Å². The number of aromatic nitrogens is 1. The Labute approximate surface area is 149 Å². The lowest BCUT2D eigenvalue weighted by Gasteiger charge is -2.11. The van der Waals surface area contributed by atoms with Gasteiger partial charge in [0, 0.05) is 28.0 Å². The average molecular weight is 387 g/mol. The normalized spacial score (nSPS) is 10.9. The van der Waals surface area contributed by atoms with Gasteiger partial charge >= 0.3 is 0 Å². The molecule has 124 valence electrons. The molecule has 0 aliphatic rings. The Morgan fingerprint density at radius 1 is 1.12 bits per heavy atom. The largest absolute Gasteiger partial charge is 0.508 e. The first-order valence-electron chi connectivity index (χ1n) is 7.77. The third-order valence-corrected chi connectivity index (χ3v) is 4.38. The number of phenols is 1. The molecule has 0 radical (unpaired) electrons. The van der Waals surface area contributed by atoms with Gasteiger partial charge in [-0.2, -0.15) is 0 Å². The molecular formula is C19H19BrN2O2. The number of rotatable bonds is 6. The van der Waals surface area contributed by atoms with Gasteiger partial charge in [-0.05, 0) is 48.9 Å². The van der Waals surface area contributed by atoms with Gasteiger partial charge in [-0.1, -0.05) is 28.1 Å². The average Bonchev–Trinajstić information content (AvgIpc) is 2.59. The summed E-state index contributed by atoms with van der Waals surface area (Å²) in [7, 11) is 1.61. The number of nitrogens with zero attached hydrogens (tertiary/aromatic N) is 1. The Kier molecular flexibility index (Phi) is 5.33. The van der Waals surface area contributed by atoms with E-state index in [-0.39, 0.29) is 5.75 Å². The highest BCUT2D eigenvalue weighted by molar-refractivity contribution is 9.10. The Hall–Kier alpha value is -2.11. The number of fused-ring (bicyclic) bond motifs is 1. The van der Waals surface area contributed by atoms with Crippen molar-refractivity contribution < 1.29 is 9.84 Å². The quantitative estimate of drug-likeness (QED) is 0.627. The smallest absolute Gasteiger partial charge is 0.218 e. The van der Waals surface area contributed by atoms with Crippen molar-refractivity contribution in [2.24, 2.45) is 0 Å². The molecule has 0 bridgehead atoms. The second kappa shape index (κ2) is 7.64. The first-order chi connectivity index (χ1) is 11.7. The second-order valence-corrected chi connectivity index (χ2v) is 6.50. The molecule has 2 aromatic carbocycles. The van der Waals surface area contributed by atoms with E-state index in [1.54, 1.807) is 19.2 Å². The van der Waals surface area contributed by atoms with Crippen LogP contribution in [0.3, 0.4) is 0 Å². The standard InChI is InChI=1S/C19H19BrN2O2/c1-24-19-15(10-14-4-7-17(23)11-18(14)22-19)12-21-9-8-13-2-5-16(20)6-3-13/h2-7,10-11,21,23H,8-9,12H2,1H3. The van der Waals surface area contributed by atoms with Crippen molar-refractivity contribution in [3.8, 4) is 11.6 Å². The van der Waals surface area contributed by atoms with Gasteiger partial charge in [0.2, 0.25) is 5.88 Å². The summed E-state index contributed by atoms with van der Waals surface area (Å²) in [5.41, 5.74) is 3.03. The van der Waals surface area contributed by atoms with Gasteiger partial charge in [0.25, 0.3) is 0 Å². The van der Waals surface area contributed by atoms with E-state index in [2.05, 4.69) is 50.5 Å². The summed E-state index contributed by atoms with van der Waals surface area (Å²) in [5.74, 6) is 0.793. The summed E-state index contributed by atoms with van der Waals surface area (Å²) in [6, 6.07) is 15.6. The zero-order chi connectivity index (χ0) is 16.9. The van der Waals surface area contributed by atoms with Gasteiger partial charge in [-0.3, -0.25) is 0 Å². The van der Waals surface area contributed by atoms with Crippen molar-refractivity contribution in [2.75, 3.05) is 13.7 Å². The van der Waals surface area contributed by atoms with E-state index in [0.717, 1.165) is 33.9 Å². The topological polar surface area (TPSA) is 54.4 Å². The molecule has 5 heteroatoms. The number of pyridine rings is 1. The van der Waals surface area contributed by atoms with Crippen LogP contribution in [-0.2, 0) is 13.0 Å². The van der Waals surface area contributed by atoms with Gasteiger partial charge < -0.3 is 15.2 Å². The minimum absolute atomic E-state index is 0.206. The van der Waals surface area contributed by atoms with Crippen molar-refractivity contribution >= 4 is 26.8 Å². The highest BCUT2D eigenvalue weighted by atomic mass is 79.9. The molecular weight excluding hydrogens is 368 g/mol. The fraction of sp³-hybridized carbons (Fsp3) is 0.211. The molecule has 1 aromatic heterocycles. The van der Waals surface area contributed by atoms with Gasteiger partial charge in [0.15, 0.2) is 0 Å². The second-order valence-electron chi connectivity index (χ2n) is 5.59. The third kappa shape index (κ3) is 4.04. The number of aromatic hydroxyl groups is 1. The molecule has 0 aliphatic heterocycles. The summed E-state index contributed by atoms with van der Waals surface area (Å²) in [6.07, 6.45) is 0.963. The van der Waals surface area contributed by atoms with Crippen molar-refractivity contribution in [1.29, 1.82) is 0 Å². The van der Waals surface area contributed by atoms with Crippen LogP contribution in [0.15, 0.2) is 53.0 Å². The number of methoxy groups -OCH3 is 1. The first-order valence-corrected chi connectivity index (χ1v) is 8.57. The van der Waals surface area contributed by atoms with Crippen LogP contribution in [0.5, 0.6) is 11.6 Å². The lowest BCUT2D eigenvalue weighted by atomic mass is 10.1. The summed E-state index contributed by atoms with van der Waals surface area (Å²) < 4.78 is 6.48. The predicted molar refractivity (Wildman–Crippen MR) is 99.5 cm³/mol. The van der Waals surface area contributed by atoms with Crippen molar-refractivity contribution in [1.82, 2.24) is 10.3 Å². The highest BCUT2D eigenvalue weighted by Crippen LogP contribution is 2.24. The Balaban J connectivity index is 1.65. The number of nitrogens with one attached hydrogen (secondary N) is 1. The van der Waals surface area contributed by atoms with Crippen LogP contribution in [0.4, 0.5) is 0 Å². The minimum Gasteiger partial charge on any atom is -0.508 e. The number of halogens is 1. The van der Waals surface area contributed by atoms with E-state index in [9.17, 15) is 5.11 Å². The maximum Gasteiger partial charge on any atom is 0.218 e. The number of phenolic OH excluding ortho intramolecular Hbond substituents is 1. The molecule has 0 aliphatic carbocycles. The fourth-order valence-corrected chi connectivity index (χ4v) is 2.86. The Morgan fingerprint density at radius 2 is 1.92 bits per heavy atom. The molecule has 0 saturated carbocycles. The summed E-state index contributed by atoms with van der Waals surface area (Å²) in [6.45, 7) is 1.56. The van der Waals surface area contributed by atoms with E-state index in [4.69, 9.17) is 4.74 Å². The number of benzene rings is 2. The number of hydrogen-bond acceptors (Lipinski definition) is 4. The molecule has 0 unspecified atom stereocenters. The fourth-order valence-electron chi connectivity index (χ4n) is 2.59. The van der Waals surface area contributed by atoms with Gasteiger partial charge in [0.05, 0.1) is 12.6 Å². The van der Waals surface area contributed by atoms with Gasteiger partial charge in [-0.15, -0.1) is 0 Å². The lowest BCUT2D eigenvalue weighted by Crippen LogP contribution is -2.17. The van der Waals surface area contributed by atoms with Crippen LogP contribution < -0.4 is 10.1 Å². The van der Waals surface area contributed by atoms with Crippen LogP contribution in [0.25, 0.3) is 10.9 Å². The highest BCUT2D eigenvalue weighted by Gasteiger charge is 2.08. The summed E-state index contributed by atoms with van der Waals surface area (Å²) in [5, 5.41) is 14.0. The molecule has 2 N–H and O–H groups in total. The van der Waals surface area contributed by atoms with E-state index in [1.165, 1.54) is 5.56 Å². The van der Waals surface area contributed by atoms with Crippen molar-refractivity contribution in [2.45, 2.75) is 13.0 Å². The van der Waals surface area contributed by atoms with Gasteiger partial charge in [-0.25, -0.2) is 4.98 Å². The van der Waals surface area contributed by atoms with Crippen molar-refractivity contribution in [3.05, 3.63) is 64.1 Å². The van der Waals surface area contributed by atoms with Gasteiger partial charge in [0.1, 0.15) is 5.75 Å². The van der Waals surface area contributed by atoms with E-state index in [0.29, 0.717) is 12.4 Å². The molecule has 0 saturated heterocycles. The first kappa shape index (κ1) is 16.7. The summed E-state index contributed by atoms with van der Waals surface area (Å²) >= 11 is 3.45. The van der Waals surface area contributed by atoms with Crippen LogP contribution >= 0.6 is 15.9 Å². The molecule has 0 atom stereocenters. The van der Waals surface area contributed by atoms with E-state index in [1.807, 2.05) is 12.1 Å². The summed E-state index contributed by atoms with van der Waals surface area (Å²) in [4.78, 5) is 4.47. The van der Waals surface area contributed by atoms with Crippen LogP contribution in [-0.4, -0.2) is 23.7 Å². The SMILES string of the molecule is COc1nc2cc(O)ccc2cc1CNCCc1ccc(Br)cc1. The van der Waals surface area contributed by atoms with E-state index >= 15 is 0 Å². The van der Waals surface area contributed by atoms with Crippen LogP contribution in [0.1, 0.15) is 11.1 Å². The number of ether oxygens (including phenoxy) is 1. The Bertz CT molecular complexity index is 835.